The zero-order chi connectivity index (χ0) is 17.6. The highest BCUT2D eigenvalue weighted by Crippen LogP contribution is 2.15. The Bertz CT molecular complexity index is 912. The minimum atomic E-state index is -0.391. The van der Waals surface area contributed by atoms with E-state index in [1.54, 1.807) is 47.2 Å². The SMILES string of the molecule is Cc1nc(-c2ccc(C(=O)OCCCn3ccccc3=O)cc2)n[nH]1. The Hall–Kier alpha value is -3.22. The van der Waals surface area contributed by atoms with Crippen LogP contribution in [0.25, 0.3) is 11.4 Å². The maximum absolute atomic E-state index is 12.0. The van der Waals surface area contributed by atoms with E-state index in [9.17, 15) is 9.59 Å². The lowest BCUT2D eigenvalue weighted by Crippen LogP contribution is -2.19. The Kier molecular flexibility index (Phi) is 5.03. The lowest BCUT2D eigenvalue weighted by molar-refractivity contribution is 0.0495. The van der Waals surface area contributed by atoms with Crippen LogP contribution < -0.4 is 5.56 Å². The van der Waals surface area contributed by atoms with Crippen molar-refractivity contribution in [2.75, 3.05) is 6.61 Å². The second-order valence-electron chi connectivity index (χ2n) is 5.54. The quantitative estimate of drug-likeness (QED) is 0.550. The minimum Gasteiger partial charge on any atom is -0.462 e. The van der Waals surface area contributed by atoms with E-state index in [1.807, 2.05) is 6.92 Å². The van der Waals surface area contributed by atoms with Gasteiger partial charge in [-0.3, -0.25) is 9.89 Å². The molecule has 0 fully saturated rings. The van der Waals surface area contributed by atoms with Crippen LogP contribution in [0.4, 0.5) is 0 Å². The van der Waals surface area contributed by atoms with Gasteiger partial charge in [-0.05, 0) is 31.5 Å². The number of nitrogens with one attached hydrogen (secondary N) is 1. The summed E-state index contributed by atoms with van der Waals surface area (Å²) in [6.07, 6.45) is 2.29. The number of nitrogens with zero attached hydrogens (tertiary/aromatic N) is 3. The Labute approximate surface area is 144 Å². The summed E-state index contributed by atoms with van der Waals surface area (Å²) in [5.74, 6) is 0.930. The number of aryl methyl sites for hydroxylation is 2. The molecule has 7 heteroatoms. The first kappa shape index (κ1) is 16.6. The lowest BCUT2D eigenvalue weighted by atomic mass is 10.1. The highest BCUT2D eigenvalue weighted by atomic mass is 16.5. The van der Waals surface area contributed by atoms with Crippen LogP contribution in [0, 0.1) is 6.92 Å². The Morgan fingerprint density at radius 1 is 1.20 bits per heavy atom. The molecule has 0 radical (unpaired) electrons. The molecule has 0 aliphatic carbocycles. The normalized spacial score (nSPS) is 10.6. The predicted molar refractivity (Wildman–Crippen MR) is 92.2 cm³/mol. The fraction of sp³-hybridized carbons (Fsp3) is 0.222. The van der Waals surface area contributed by atoms with E-state index >= 15 is 0 Å². The summed E-state index contributed by atoms with van der Waals surface area (Å²) in [6.45, 7) is 2.59. The first-order chi connectivity index (χ1) is 12.1. The van der Waals surface area contributed by atoms with Crippen molar-refractivity contribution in [2.24, 2.45) is 0 Å². The molecule has 0 spiro atoms. The largest absolute Gasteiger partial charge is 0.462 e. The van der Waals surface area contributed by atoms with Crippen LogP contribution in [0.1, 0.15) is 22.6 Å². The number of rotatable bonds is 6. The van der Waals surface area contributed by atoms with Gasteiger partial charge in [-0.2, -0.15) is 5.10 Å². The van der Waals surface area contributed by atoms with E-state index in [0.29, 0.717) is 24.4 Å². The van der Waals surface area contributed by atoms with E-state index in [-0.39, 0.29) is 12.2 Å². The number of benzene rings is 1. The average molecular weight is 338 g/mol. The molecule has 0 unspecified atom stereocenters. The fourth-order valence-corrected chi connectivity index (χ4v) is 2.36. The number of esters is 1. The minimum absolute atomic E-state index is 0.0633. The van der Waals surface area contributed by atoms with Gasteiger partial charge in [0.2, 0.25) is 5.56 Å². The Morgan fingerprint density at radius 2 is 2.00 bits per heavy atom. The third-order valence-corrected chi connectivity index (χ3v) is 3.65. The molecule has 0 bridgehead atoms. The Morgan fingerprint density at radius 3 is 2.68 bits per heavy atom. The number of hydrogen-bond donors (Lipinski definition) is 1. The molecule has 1 N–H and O–H groups in total. The van der Waals surface area contributed by atoms with E-state index in [2.05, 4.69) is 15.2 Å². The van der Waals surface area contributed by atoms with Crippen molar-refractivity contribution in [3.8, 4) is 11.4 Å². The molecule has 0 aliphatic heterocycles. The standard InChI is InChI=1S/C18H18N4O3/c1-13-19-17(21-20-13)14-6-8-15(9-7-14)18(24)25-12-4-11-22-10-3-2-5-16(22)23/h2-3,5-10H,4,11-12H2,1H3,(H,19,20,21). The van der Waals surface area contributed by atoms with Gasteiger partial charge in [0.15, 0.2) is 5.82 Å². The molecule has 0 aliphatic rings. The Balaban J connectivity index is 1.51. The third kappa shape index (κ3) is 4.20. The van der Waals surface area contributed by atoms with Crippen molar-refractivity contribution >= 4 is 5.97 Å². The van der Waals surface area contributed by atoms with E-state index in [4.69, 9.17) is 4.74 Å². The molecule has 0 atom stereocenters. The average Bonchev–Trinajstić information content (AvgIpc) is 3.06. The number of pyridine rings is 1. The van der Waals surface area contributed by atoms with Crippen LogP contribution in [0.3, 0.4) is 0 Å². The van der Waals surface area contributed by atoms with Gasteiger partial charge in [0.1, 0.15) is 5.82 Å². The predicted octanol–water partition coefficient (Wildman–Crippen LogP) is 2.19. The summed E-state index contributed by atoms with van der Waals surface area (Å²) in [7, 11) is 0. The monoisotopic (exact) mass is 338 g/mol. The van der Waals surface area contributed by atoms with Crippen molar-refractivity contribution in [1.29, 1.82) is 0 Å². The van der Waals surface area contributed by atoms with Gasteiger partial charge < -0.3 is 9.30 Å². The maximum Gasteiger partial charge on any atom is 0.338 e. The van der Waals surface area contributed by atoms with Crippen LogP contribution in [0.15, 0.2) is 53.5 Å². The molecule has 0 saturated heterocycles. The molecular formula is C18H18N4O3. The maximum atomic E-state index is 12.0. The van der Waals surface area contributed by atoms with Crippen LogP contribution in [0.2, 0.25) is 0 Å². The van der Waals surface area contributed by atoms with E-state index < -0.39 is 5.97 Å². The van der Waals surface area contributed by atoms with Crippen molar-refractivity contribution in [3.63, 3.8) is 0 Å². The summed E-state index contributed by atoms with van der Waals surface area (Å²) in [5, 5.41) is 6.86. The summed E-state index contributed by atoms with van der Waals surface area (Å²) < 4.78 is 6.83. The van der Waals surface area contributed by atoms with Gasteiger partial charge in [-0.15, -0.1) is 0 Å². The van der Waals surface area contributed by atoms with Gasteiger partial charge in [0.25, 0.3) is 0 Å². The first-order valence-electron chi connectivity index (χ1n) is 7.95. The number of carbonyl (C=O) groups is 1. The highest BCUT2D eigenvalue weighted by Gasteiger charge is 2.09. The van der Waals surface area contributed by atoms with Gasteiger partial charge in [-0.25, -0.2) is 9.78 Å². The van der Waals surface area contributed by atoms with Crippen LogP contribution in [-0.2, 0) is 11.3 Å². The molecule has 0 amide bonds. The number of H-pyrrole nitrogens is 1. The van der Waals surface area contributed by atoms with Crippen molar-refractivity contribution in [3.05, 3.63) is 70.4 Å². The zero-order valence-electron chi connectivity index (χ0n) is 13.8. The van der Waals surface area contributed by atoms with Crippen molar-refractivity contribution in [1.82, 2.24) is 19.7 Å². The van der Waals surface area contributed by atoms with Crippen LogP contribution in [0.5, 0.6) is 0 Å². The topological polar surface area (TPSA) is 89.9 Å². The van der Waals surface area contributed by atoms with Gasteiger partial charge >= 0.3 is 5.97 Å². The summed E-state index contributed by atoms with van der Waals surface area (Å²) in [4.78, 5) is 27.8. The number of carbonyl (C=O) groups excluding carboxylic acids is 1. The third-order valence-electron chi connectivity index (χ3n) is 3.65. The van der Waals surface area contributed by atoms with E-state index in [0.717, 1.165) is 11.4 Å². The number of hydrogen-bond acceptors (Lipinski definition) is 5. The molecule has 1 aromatic carbocycles. The highest BCUT2D eigenvalue weighted by molar-refractivity contribution is 5.89. The molecule has 3 rings (SSSR count). The lowest BCUT2D eigenvalue weighted by Gasteiger charge is -2.07. The molecule has 2 heterocycles. The number of ether oxygens (including phenoxy) is 1. The van der Waals surface area contributed by atoms with Crippen LogP contribution in [-0.4, -0.2) is 32.3 Å². The molecule has 25 heavy (non-hydrogen) atoms. The molecular weight excluding hydrogens is 320 g/mol. The van der Waals surface area contributed by atoms with Crippen LogP contribution >= 0.6 is 0 Å². The van der Waals surface area contributed by atoms with Gasteiger partial charge in [0.05, 0.1) is 12.2 Å². The zero-order valence-corrected chi connectivity index (χ0v) is 13.8. The number of aromatic amines is 1. The van der Waals surface area contributed by atoms with E-state index in [1.165, 1.54) is 6.07 Å². The molecule has 3 aromatic rings. The molecule has 2 aromatic heterocycles. The second kappa shape index (κ2) is 7.57. The molecule has 7 nitrogen and oxygen atoms in total. The van der Waals surface area contributed by atoms with Gasteiger partial charge in [0, 0.05) is 24.4 Å². The summed E-state index contributed by atoms with van der Waals surface area (Å²) >= 11 is 0. The van der Waals surface area contributed by atoms with Crippen molar-refractivity contribution < 1.29 is 9.53 Å². The smallest absolute Gasteiger partial charge is 0.338 e. The first-order valence-corrected chi connectivity index (χ1v) is 7.95. The fourth-order valence-electron chi connectivity index (χ4n) is 2.36. The van der Waals surface area contributed by atoms with Gasteiger partial charge in [-0.1, -0.05) is 18.2 Å². The number of aromatic nitrogens is 4. The second-order valence-corrected chi connectivity index (χ2v) is 5.54. The molecule has 0 saturated carbocycles. The summed E-state index contributed by atoms with van der Waals surface area (Å²) in [6, 6.07) is 11.9. The van der Waals surface area contributed by atoms with Crippen molar-refractivity contribution in [2.45, 2.75) is 19.9 Å². The molecule has 128 valence electrons. The summed E-state index contributed by atoms with van der Waals surface area (Å²) in [5.41, 5.74) is 1.23.